The molecule has 0 aromatic carbocycles. The first-order valence-corrected chi connectivity index (χ1v) is 7.73. The van der Waals surface area contributed by atoms with Gasteiger partial charge in [-0.15, -0.1) is 23.7 Å². The van der Waals surface area contributed by atoms with E-state index in [1.54, 1.807) is 11.8 Å². The number of hydrogen-bond acceptors (Lipinski definition) is 4. The number of halogens is 1. The number of likely N-dealkylation sites (N-methyl/N-ethyl adjacent to an activating group) is 1. The highest BCUT2D eigenvalue weighted by Gasteiger charge is 2.17. The van der Waals surface area contributed by atoms with Gasteiger partial charge in [-0.2, -0.15) is 0 Å². The average Bonchev–Trinajstić information content (AvgIpc) is 2.81. The lowest BCUT2D eigenvalue weighted by atomic mass is 10.3. The molecule has 0 saturated heterocycles. The maximum absolute atomic E-state index is 11.9. The van der Waals surface area contributed by atoms with Crippen LogP contribution in [0.15, 0.2) is 11.4 Å². The second-order valence-electron chi connectivity index (χ2n) is 4.51. The van der Waals surface area contributed by atoms with Gasteiger partial charge in [0.1, 0.15) is 5.00 Å². The Kier molecular flexibility index (Phi) is 9.24. The molecule has 1 aromatic heterocycles. The van der Waals surface area contributed by atoms with Crippen molar-refractivity contribution in [3.63, 3.8) is 0 Å². The summed E-state index contributed by atoms with van der Waals surface area (Å²) in [6.07, 6.45) is 0. The Balaban J connectivity index is 0.00000400. The summed E-state index contributed by atoms with van der Waals surface area (Å²) in [6.45, 7) is 10.6. The third-order valence-corrected chi connectivity index (χ3v) is 3.96. The number of rotatable bonds is 7. The highest BCUT2D eigenvalue weighted by Crippen LogP contribution is 2.32. The van der Waals surface area contributed by atoms with Crippen molar-refractivity contribution in [1.29, 1.82) is 0 Å². The molecule has 0 aliphatic rings. The Bertz CT molecular complexity index is 461. The van der Waals surface area contributed by atoms with Crippen molar-refractivity contribution in [2.75, 3.05) is 36.4 Å². The van der Waals surface area contributed by atoms with E-state index in [1.165, 1.54) is 18.3 Å². The second kappa shape index (κ2) is 9.76. The average molecular weight is 334 g/mol. The van der Waals surface area contributed by atoms with Gasteiger partial charge in [0.25, 0.3) is 0 Å². The number of thiophene rings is 1. The van der Waals surface area contributed by atoms with Crippen molar-refractivity contribution < 1.29 is 9.59 Å². The summed E-state index contributed by atoms with van der Waals surface area (Å²) < 4.78 is 0. The van der Waals surface area contributed by atoms with Gasteiger partial charge in [-0.05, 0) is 24.5 Å². The fourth-order valence-corrected chi connectivity index (χ4v) is 2.83. The quantitative estimate of drug-likeness (QED) is 0.834. The molecular weight excluding hydrogens is 310 g/mol. The minimum absolute atomic E-state index is 0. The van der Waals surface area contributed by atoms with E-state index >= 15 is 0 Å². The number of anilines is 2. The van der Waals surface area contributed by atoms with Crippen LogP contribution in [0.1, 0.15) is 27.7 Å². The highest BCUT2D eigenvalue weighted by atomic mass is 35.5. The van der Waals surface area contributed by atoms with Gasteiger partial charge in [0.05, 0.1) is 5.69 Å². The van der Waals surface area contributed by atoms with Gasteiger partial charge in [-0.1, -0.05) is 13.8 Å². The van der Waals surface area contributed by atoms with Gasteiger partial charge in [0.15, 0.2) is 0 Å². The zero-order valence-corrected chi connectivity index (χ0v) is 14.6. The highest BCUT2D eigenvalue weighted by molar-refractivity contribution is 7.15. The van der Waals surface area contributed by atoms with Crippen LogP contribution in [-0.2, 0) is 9.59 Å². The lowest BCUT2D eigenvalue weighted by Gasteiger charge is -2.25. The standard InChI is InChI=1S/C14H23N3O2S.ClH/c1-5-16(6-2)8-9-17(12(4)19)13-7-10-20-14(13)15-11(3)18;/h7,10H,5-6,8-9H2,1-4H3,(H,15,18);1H. The summed E-state index contributed by atoms with van der Waals surface area (Å²) in [5, 5.41) is 5.39. The lowest BCUT2D eigenvalue weighted by Crippen LogP contribution is -2.37. The van der Waals surface area contributed by atoms with Crippen LogP contribution in [0.2, 0.25) is 0 Å². The molecule has 0 aliphatic heterocycles. The Labute approximate surface area is 136 Å². The lowest BCUT2D eigenvalue weighted by molar-refractivity contribution is -0.117. The van der Waals surface area contributed by atoms with Gasteiger partial charge in [-0.25, -0.2) is 0 Å². The van der Waals surface area contributed by atoms with Crippen LogP contribution in [0.4, 0.5) is 10.7 Å². The van der Waals surface area contributed by atoms with Crippen LogP contribution in [0, 0.1) is 0 Å². The Morgan fingerprint density at radius 3 is 2.29 bits per heavy atom. The first kappa shape index (κ1) is 19.9. The number of hydrogen-bond donors (Lipinski definition) is 1. The van der Waals surface area contributed by atoms with E-state index in [0.717, 1.165) is 30.3 Å². The van der Waals surface area contributed by atoms with E-state index in [9.17, 15) is 9.59 Å². The maximum atomic E-state index is 11.9. The van der Waals surface area contributed by atoms with E-state index in [1.807, 2.05) is 11.4 Å². The van der Waals surface area contributed by atoms with E-state index in [0.29, 0.717) is 6.54 Å². The molecule has 0 bridgehead atoms. The molecule has 0 radical (unpaired) electrons. The topological polar surface area (TPSA) is 52.6 Å². The molecule has 2 amide bonds. The molecule has 21 heavy (non-hydrogen) atoms. The van der Waals surface area contributed by atoms with Crippen molar-refractivity contribution >= 4 is 46.2 Å². The van der Waals surface area contributed by atoms with Crippen LogP contribution < -0.4 is 10.2 Å². The van der Waals surface area contributed by atoms with Crippen molar-refractivity contribution in [3.8, 4) is 0 Å². The number of carbonyl (C=O) groups excluding carboxylic acids is 2. The molecule has 1 heterocycles. The monoisotopic (exact) mass is 333 g/mol. The van der Waals surface area contributed by atoms with E-state index in [-0.39, 0.29) is 24.2 Å². The molecule has 0 spiro atoms. The largest absolute Gasteiger partial charge is 0.316 e. The first-order chi connectivity index (χ1) is 9.49. The van der Waals surface area contributed by atoms with Gasteiger partial charge in [0, 0.05) is 26.9 Å². The van der Waals surface area contributed by atoms with Crippen LogP contribution >= 0.6 is 23.7 Å². The summed E-state index contributed by atoms with van der Waals surface area (Å²) in [5.74, 6) is -0.136. The number of carbonyl (C=O) groups is 2. The first-order valence-electron chi connectivity index (χ1n) is 6.85. The van der Waals surface area contributed by atoms with Crippen molar-refractivity contribution in [2.45, 2.75) is 27.7 Å². The SMILES string of the molecule is CCN(CC)CCN(C(C)=O)c1ccsc1NC(C)=O.Cl. The zero-order chi connectivity index (χ0) is 15.1. The van der Waals surface area contributed by atoms with Crippen LogP contribution in [0.25, 0.3) is 0 Å². The van der Waals surface area contributed by atoms with Crippen LogP contribution in [0.3, 0.4) is 0 Å². The third kappa shape index (κ3) is 6.03. The van der Waals surface area contributed by atoms with Gasteiger partial charge in [0.2, 0.25) is 11.8 Å². The fourth-order valence-electron chi connectivity index (χ4n) is 2.00. The molecule has 120 valence electrons. The van der Waals surface area contributed by atoms with E-state index < -0.39 is 0 Å². The van der Waals surface area contributed by atoms with Crippen LogP contribution in [-0.4, -0.2) is 42.9 Å². The summed E-state index contributed by atoms with van der Waals surface area (Å²) in [7, 11) is 0. The molecule has 1 rings (SSSR count). The van der Waals surface area contributed by atoms with Crippen molar-refractivity contribution in [3.05, 3.63) is 11.4 Å². The molecule has 0 saturated carbocycles. The summed E-state index contributed by atoms with van der Waals surface area (Å²) in [4.78, 5) is 27.1. The summed E-state index contributed by atoms with van der Waals surface area (Å²) in [6, 6.07) is 1.87. The predicted octanol–water partition coefficient (Wildman–Crippen LogP) is 2.82. The molecule has 7 heteroatoms. The number of nitrogens with zero attached hydrogens (tertiary/aromatic N) is 2. The number of nitrogens with one attached hydrogen (secondary N) is 1. The van der Waals surface area contributed by atoms with Crippen molar-refractivity contribution in [2.24, 2.45) is 0 Å². The normalized spacial score (nSPS) is 10.1. The van der Waals surface area contributed by atoms with Gasteiger partial charge >= 0.3 is 0 Å². The molecule has 0 unspecified atom stereocenters. The minimum atomic E-state index is -0.124. The predicted molar refractivity (Wildman–Crippen MR) is 91.7 cm³/mol. The van der Waals surface area contributed by atoms with Gasteiger partial charge < -0.3 is 15.1 Å². The molecule has 0 fully saturated rings. The Morgan fingerprint density at radius 2 is 1.81 bits per heavy atom. The molecule has 5 nitrogen and oxygen atoms in total. The molecule has 1 aromatic rings. The van der Waals surface area contributed by atoms with E-state index in [4.69, 9.17) is 0 Å². The summed E-state index contributed by atoms with van der Waals surface area (Å²) in [5.41, 5.74) is 0.782. The Hall–Kier alpha value is -1.11. The minimum Gasteiger partial charge on any atom is -0.316 e. The molecule has 0 aliphatic carbocycles. The third-order valence-electron chi connectivity index (χ3n) is 3.14. The second-order valence-corrected chi connectivity index (χ2v) is 5.43. The fraction of sp³-hybridized carbons (Fsp3) is 0.571. The molecule has 0 atom stereocenters. The smallest absolute Gasteiger partial charge is 0.223 e. The van der Waals surface area contributed by atoms with Crippen LogP contribution in [0.5, 0.6) is 0 Å². The number of amides is 2. The zero-order valence-electron chi connectivity index (χ0n) is 13.0. The van der Waals surface area contributed by atoms with Gasteiger partial charge in [-0.3, -0.25) is 9.59 Å². The Morgan fingerprint density at radius 1 is 1.19 bits per heavy atom. The van der Waals surface area contributed by atoms with E-state index in [2.05, 4.69) is 24.1 Å². The van der Waals surface area contributed by atoms with Crippen molar-refractivity contribution in [1.82, 2.24) is 4.90 Å². The molecule has 1 N–H and O–H groups in total. The molecular formula is C14H24ClN3O2S. The summed E-state index contributed by atoms with van der Waals surface area (Å²) >= 11 is 1.43. The maximum Gasteiger partial charge on any atom is 0.223 e.